The number of amides is 1. The maximum Gasteiger partial charge on any atom is 0.257 e. The van der Waals surface area contributed by atoms with Gasteiger partial charge in [-0.2, -0.15) is 5.10 Å². The average Bonchev–Trinajstić information content (AvgIpc) is 3.14. The summed E-state index contributed by atoms with van der Waals surface area (Å²) >= 11 is 0. The van der Waals surface area contributed by atoms with Crippen molar-refractivity contribution in [3.8, 4) is 11.7 Å². The van der Waals surface area contributed by atoms with E-state index in [0.717, 1.165) is 5.56 Å². The normalized spacial score (nSPS) is 10.3. The van der Waals surface area contributed by atoms with Gasteiger partial charge < -0.3 is 10.1 Å². The van der Waals surface area contributed by atoms with Gasteiger partial charge in [-0.1, -0.05) is 0 Å². The van der Waals surface area contributed by atoms with Crippen molar-refractivity contribution in [3.63, 3.8) is 0 Å². The second-order valence-electron chi connectivity index (χ2n) is 4.72. The molecule has 0 aromatic carbocycles. The lowest BCUT2D eigenvalue weighted by atomic mass is 10.2. The largest absolute Gasteiger partial charge is 0.480 e. The zero-order valence-corrected chi connectivity index (χ0v) is 12.5. The van der Waals surface area contributed by atoms with Crippen LogP contribution in [-0.4, -0.2) is 32.8 Å². The number of aromatic nitrogens is 4. The zero-order valence-electron chi connectivity index (χ0n) is 12.5. The van der Waals surface area contributed by atoms with Crippen molar-refractivity contribution in [1.29, 1.82) is 0 Å². The molecule has 3 aromatic heterocycles. The van der Waals surface area contributed by atoms with E-state index in [1.54, 1.807) is 35.4 Å². The molecule has 0 aliphatic heterocycles. The third kappa shape index (κ3) is 3.34. The summed E-state index contributed by atoms with van der Waals surface area (Å²) in [5, 5.41) is 6.98. The lowest BCUT2D eigenvalue weighted by Crippen LogP contribution is -2.23. The highest BCUT2D eigenvalue weighted by atomic mass is 16.5. The van der Waals surface area contributed by atoms with E-state index >= 15 is 0 Å². The fourth-order valence-electron chi connectivity index (χ4n) is 2.10. The quantitative estimate of drug-likeness (QED) is 0.774. The summed E-state index contributed by atoms with van der Waals surface area (Å²) in [4.78, 5) is 20.5. The fraction of sp³-hybridized carbons (Fsp3) is 0.125. The molecule has 0 unspecified atom stereocenters. The Labute approximate surface area is 133 Å². The van der Waals surface area contributed by atoms with E-state index in [9.17, 15) is 4.79 Å². The van der Waals surface area contributed by atoms with Crippen molar-refractivity contribution >= 4 is 5.91 Å². The number of pyridine rings is 2. The molecule has 3 aromatic rings. The number of methoxy groups -OCH3 is 1. The molecule has 0 atom stereocenters. The van der Waals surface area contributed by atoms with Crippen molar-refractivity contribution < 1.29 is 9.53 Å². The summed E-state index contributed by atoms with van der Waals surface area (Å²) in [6, 6.07) is 8.90. The first-order valence-electron chi connectivity index (χ1n) is 7.00. The molecule has 0 radical (unpaired) electrons. The van der Waals surface area contributed by atoms with Crippen molar-refractivity contribution in [2.45, 2.75) is 6.54 Å². The number of carbonyl (C=O) groups is 1. The highest BCUT2D eigenvalue weighted by molar-refractivity contribution is 5.96. The smallest absolute Gasteiger partial charge is 0.257 e. The Balaban J connectivity index is 1.71. The first-order chi connectivity index (χ1) is 11.3. The number of nitrogens with zero attached hydrogens (tertiary/aromatic N) is 4. The van der Waals surface area contributed by atoms with Crippen LogP contribution in [0, 0.1) is 0 Å². The Morgan fingerprint density at radius 2 is 2.13 bits per heavy atom. The summed E-state index contributed by atoms with van der Waals surface area (Å²) in [6.45, 7) is 0.369. The van der Waals surface area contributed by atoms with E-state index in [1.807, 2.05) is 24.4 Å². The van der Waals surface area contributed by atoms with Crippen LogP contribution in [0.25, 0.3) is 5.82 Å². The zero-order chi connectivity index (χ0) is 16.1. The summed E-state index contributed by atoms with van der Waals surface area (Å²) in [7, 11) is 1.48. The topological polar surface area (TPSA) is 81.9 Å². The molecular formula is C16H15N5O2. The molecule has 1 N–H and O–H groups in total. The predicted molar refractivity (Wildman–Crippen MR) is 83.3 cm³/mol. The van der Waals surface area contributed by atoms with Gasteiger partial charge in [0.1, 0.15) is 5.56 Å². The van der Waals surface area contributed by atoms with Crippen molar-refractivity contribution in [1.82, 2.24) is 25.1 Å². The summed E-state index contributed by atoms with van der Waals surface area (Å²) in [5.74, 6) is 0.755. The second-order valence-corrected chi connectivity index (χ2v) is 4.72. The summed E-state index contributed by atoms with van der Waals surface area (Å²) in [6.07, 6.45) is 6.76. The van der Waals surface area contributed by atoms with E-state index in [-0.39, 0.29) is 5.91 Å². The summed E-state index contributed by atoms with van der Waals surface area (Å²) in [5.41, 5.74) is 1.32. The van der Waals surface area contributed by atoms with Gasteiger partial charge in [-0.05, 0) is 35.9 Å². The van der Waals surface area contributed by atoms with Crippen LogP contribution >= 0.6 is 0 Å². The molecule has 7 nitrogen and oxygen atoms in total. The van der Waals surface area contributed by atoms with Crippen LogP contribution in [0.4, 0.5) is 0 Å². The van der Waals surface area contributed by atoms with E-state index < -0.39 is 0 Å². The molecule has 1 amide bonds. The molecule has 0 aliphatic rings. The SMILES string of the molecule is COc1ncccc1C(=O)NCc1ccnc(-n2cccn2)c1. The van der Waals surface area contributed by atoms with Gasteiger partial charge in [-0.3, -0.25) is 4.79 Å². The molecule has 0 bridgehead atoms. The lowest BCUT2D eigenvalue weighted by Gasteiger charge is -2.09. The Morgan fingerprint density at radius 3 is 2.91 bits per heavy atom. The molecule has 0 aliphatic carbocycles. The van der Waals surface area contributed by atoms with Gasteiger partial charge in [-0.15, -0.1) is 0 Å². The Bertz CT molecular complexity index is 802. The Morgan fingerprint density at radius 1 is 1.22 bits per heavy atom. The minimum absolute atomic E-state index is 0.243. The van der Waals surface area contributed by atoms with Gasteiger partial charge in [0.25, 0.3) is 5.91 Å². The molecule has 23 heavy (non-hydrogen) atoms. The Kier molecular flexibility index (Phi) is 4.28. The second kappa shape index (κ2) is 6.69. The lowest BCUT2D eigenvalue weighted by molar-refractivity contribution is 0.0947. The maximum atomic E-state index is 12.2. The minimum atomic E-state index is -0.243. The highest BCUT2D eigenvalue weighted by Gasteiger charge is 2.12. The highest BCUT2D eigenvalue weighted by Crippen LogP contribution is 2.13. The number of hydrogen-bond donors (Lipinski definition) is 1. The monoisotopic (exact) mass is 309 g/mol. The van der Waals surface area contributed by atoms with Crippen molar-refractivity contribution in [2.75, 3.05) is 7.11 Å². The van der Waals surface area contributed by atoms with Gasteiger partial charge in [0.2, 0.25) is 5.88 Å². The molecule has 0 saturated heterocycles. The standard InChI is InChI=1S/C16H15N5O2/c1-23-16-13(4-2-6-18-16)15(22)19-11-12-5-8-17-14(10-12)21-9-3-7-20-21/h2-10H,11H2,1H3,(H,19,22). The van der Waals surface area contributed by atoms with Gasteiger partial charge in [0.15, 0.2) is 5.82 Å². The molecule has 116 valence electrons. The molecule has 3 rings (SSSR count). The van der Waals surface area contributed by atoms with Crippen LogP contribution in [0.15, 0.2) is 55.1 Å². The van der Waals surface area contributed by atoms with Crippen molar-refractivity contribution in [3.05, 3.63) is 66.2 Å². The molecule has 7 heteroatoms. The van der Waals surface area contributed by atoms with E-state index in [4.69, 9.17) is 4.74 Å². The van der Waals surface area contributed by atoms with Gasteiger partial charge in [0, 0.05) is 31.3 Å². The van der Waals surface area contributed by atoms with E-state index in [0.29, 0.717) is 23.8 Å². The molecular weight excluding hydrogens is 294 g/mol. The molecule has 0 fully saturated rings. The molecule has 0 saturated carbocycles. The summed E-state index contributed by atoms with van der Waals surface area (Å²) < 4.78 is 6.76. The third-order valence-corrected chi connectivity index (χ3v) is 3.21. The molecule has 0 spiro atoms. The van der Waals surface area contributed by atoms with Crippen LogP contribution in [0.2, 0.25) is 0 Å². The minimum Gasteiger partial charge on any atom is -0.480 e. The number of hydrogen-bond acceptors (Lipinski definition) is 5. The Hall–Kier alpha value is -3.22. The van der Waals surface area contributed by atoms with Crippen LogP contribution in [-0.2, 0) is 6.54 Å². The first kappa shape index (κ1) is 14.7. The molecule has 3 heterocycles. The third-order valence-electron chi connectivity index (χ3n) is 3.21. The number of carbonyl (C=O) groups excluding carboxylic acids is 1. The van der Waals surface area contributed by atoms with E-state index in [2.05, 4.69) is 20.4 Å². The predicted octanol–water partition coefficient (Wildman–Crippen LogP) is 1.60. The van der Waals surface area contributed by atoms with Crippen LogP contribution in [0.1, 0.15) is 15.9 Å². The number of ether oxygens (including phenoxy) is 1. The van der Waals surface area contributed by atoms with Gasteiger partial charge in [-0.25, -0.2) is 14.6 Å². The van der Waals surface area contributed by atoms with Crippen LogP contribution in [0.3, 0.4) is 0 Å². The maximum absolute atomic E-state index is 12.2. The number of rotatable bonds is 5. The average molecular weight is 309 g/mol. The number of nitrogens with one attached hydrogen (secondary N) is 1. The first-order valence-corrected chi connectivity index (χ1v) is 7.00. The van der Waals surface area contributed by atoms with Crippen LogP contribution < -0.4 is 10.1 Å². The fourth-order valence-corrected chi connectivity index (χ4v) is 2.10. The van der Waals surface area contributed by atoms with Gasteiger partial charge >= 0.3 is 0 Å². The van der Waals surface area contributed by atoms with Crippen LogP contribution in [0.5, 0.6) is 5.88 Å². The van der Waals surface area contributed by atoms with Crippen molar-refractivity contribution in [2.24, 2.45) is 0 Å². The van der Waals surface area contributed by atoms with Gasteiger partial charge in [0.05, 0.1) is 7.11 Å². The van der Waals surface area contributed by atoms with E-state index in [1.165, 1.54) is 7.11 Å².